The van der Waals surface area contributed by atoms with Gasteiger partial charge < -0.3 is 14.2 Å². The SMILES string of the molecule is CCCCCCOc1nsnc1C1=CCC[N+](C)(COC(=O)Cc2ccccc2OC(=O)CC)C1. The second-order valence-electron chi connectivity index (χ2n) is 9.10. The molecule has 3 rings (SSSR count). The predicted octanol–water partition coefficient (Wildman–Crippen LogP) is 4.79. The molecule has 8 nitrogen and oxygen atoms in total. The summed E-state index contributed by atoms with van der Waals surface area (Å²) in [5.74, 6) is 0.309. The summed E-state index contributed by atoms with van der Waals surface area (Å²) in [6, 6.07) is 7.05. The largest absolute Gasteiger partial charge is 0.475 e. The Balaban J connectivity index is 1.55. The number of likely N-dealkylation sites (N-methyl/N-ethyl adjacent to an activating group) is 1. The molecule has 0 N–H and O–H groups in total. The van der Waals surface area contributed by atoms with Gasteiger partial charge in [0, 0.05) is 24.0 Å². The number of hydrogen-bond acceptors (Lipinski definition) is 8. The van der Waals surface area contributed by atoms with E-state index in [4.69, 9.17) is 14.2 Å². The summed E-state index contributed by atoms with van der Waals surface area (Å²) >= 11 is 1.16. The molecule has 0 amide bonds. The van der Waals surface area contributed by atoms with Crippen molar-refractivity contribution in [3.05, 3.63) is 41.6 Å². The van der Waals surface area contributed by atoms with Crippen LogP contribution in [0.2, 0.25) is 0 Å². The van der Waals surface area contributed by atoms with Crippen LogP contribution in [0.3, 0.4) is 0 Å². The maximum Gasteiger partial charge on any atom is 0.314 e. The molecule has 1 aromatic carbocycles. The highest BCUT2D eigenvalue weighted by atomic mass is 32.1. The van der Waals surface area contributed by atoms with Crippen molar-refractivity contribution in [3.8, 4) is 11.6 Å². The number of ether oxygens (including phenoxy) is 3. The lowest BCUT2D eigenvalue weighted by molar-refractivity contribution is -0.919. The molecule has 1 aromatic heterocycles. The van der Waals surface area contributed by atoms with Gasteiger partial charge in [0.15, 0.2) is 0 Å². The second kappa shape index (κ2) is 13.3. The number of benzene rings is 1. The molecule has 0 spiro atoms. The Labute approximate surface area is 211 Å². The van der Waals surface area contributed by atoms with Crippen LogP contribution in [0.4, 0.5) is 0 Å². The molecule has 1 unspecified atom stereocenters. The molecule has 1 aliphatic heterocycles. The Hall–Kier alpha value is -2.78. The van der Waals surface area contributed by atoms with Crippen LogP contribution in [-0.2, 0) is 20.7 Å². The molecule has 2 heterocycles. The fourth-order valence-electron chi connectivity index (χ4n) is 3.93. The standard InChI is InChI=1S/C26H36N3O5S/c1-4-6-7-10-16-32-26-25(27-35-28-26)21-13-11-15-29(3,18-21)19-33-24(31)17-20-12-8-9-14-22(20)34-23(30)5-2/h8-9,12-14H,4-7,10-11,15-19H2,1-3H3/q+1. The molecule has 35 heavy (non-hydrogen) atoms. The summed E-state index contributed by atoms with van der Waals surface area (Å²) in [7, 11) is 2.07. The van der Waals surface area contributed by atoms with Crippen molar-refractivity contribution in [1.82, 2.24) is 8.75 Å². The van der Waals surface area contributed by atoms with Crippen LogP contribution in [0, 0.1) is 0 Å². The van der Waals surface area contributed by atoms with Gasteiger partial charge in [0.2, 0.25) is 6.73 Å². The highest BCUT2D eigenvalue weighted by Gasteiger charge is 2.31. The molecular formula is C26H36N3O5S+. The minimum Gasteiger partial charge on any atom is -0.475 e. The minimum atomic E-state index is -0.355. The zero-order valence-electron chi connectivity index (χ0n) is 21.0. The summed E-state index contributed by atoms with van der Waals surface area (Å²) in [5, 5.41) is 0. The molecular weight excluding hydrogens is 466 g/mol. The van der Waals surface area contributed by atoms with E-state index < -0.39 is 0 Å². The summed E-state index contributed by atoms with van der Waals surface area (Å²) < 4.78 is 26.3. The molecule has 0 fully saturated rings. The van der Waals surface area contributed by atoms with E-state index in [2.05, 4.69) is 28.8 Å². The average molecular weight is 503 g/mol. The van der Waals surface area contributed by atoms with E-state index in [0.717, 1.165) is 48.8 Å². The monoisotopic (exact) mass is 502 g/mol. The molecule has 2 aromatic rings. The Morgan fingerprint density at radius 1 is 1.09 bits per heavy atom. The number of unbranched alkanes of at least 4 members (excludes halogenated alkanes) is 3. The van der Waals surface area contributed by atoms with Crippen LogP contribution in [0.1, 0.15) is 63.6 Å². The van der Waals surface area contributed by atoms with Crippen molar-refractivity contribution in [2.75, 3.05) is 33.5 Å². The summed E-state index contributed by atoms with van der Waals surface area (Å²) in [4.78, 5) is 24.3. The van der Waals surface area contributed by atoms with Crippen molar-refractivity contribution in [2.45, 2.75) is 58.8 Å². The molecule has 0 saturated carbocycles. The zero-order valence-corrected chi connectivity index (χ0v) is 21.8. The van der Waals surface area contributed by atoms with E-state index >= 15 is 0 Å². The van der Waals surface area contributed by atoms with Crippen molar-refractivity contribution in [1.29, 1.82) is 0 Å². The molecule has 0 saturated heterocycles. The third-order valence-electron chi connectivity index (χ3n) is 5.97. The van der Waals surface area contributed by atoms with E-state index in [1.165, 1.54) is 12.8 Å². The lowest BCUT2D eigenvalue weighted by atomic mass is 10.1. The van der Waals surface area contributed by atoms with Crippen LogP contribution < -0.4 is 9.47 Å². The number of rotatable bonds is 13. The van der Waals surface area contributed by atoms with Gasteiger partial charge in [-0.25, -0.2) is 0 Å². The van der Waals surface area contributed by atoms with Gasteiger partial charge in [0.05, 0.1) is 38.3 Å². The first kappa shape index (κ1) is 26.8. The van der Waals surface area contributed by atoms with E-state index in [1.54, 1.807) is 25.1 Å². The first-order valence-corrected chi connectivity index (χ1v) is 13.1. The number of aromatic nitrogens is 2. The van der Waals surface area contributed by atoms with Gasteiger partial charge in [-0.2, -0.15) is 4.37 Å². The number of nitrogens with zero attached hydrogens (tertiary/aromatic N) is 3. The van der Waals surface area contributed by atoms with E-state index in [9.17, 15) is 9.59 Å². The van der Waals surface area contributed by atoms with Gasteiger partial charge in [-0.05, 0) is 12.5 Å². The average Bonchev–Trinajstić information content (AvgIpc) is 3.32. The van der Waals surface area contributed by atoms with E-state index in [1.807, 2.05) is 6.07 Å². The normalized spacial score (nSPS) is 17.5. The van der Waals surface area contributed by atoms with Gasteiger partial charge in [0.25, 0.3) is 5.88 Å². The van der Waals surface area contributed by atoms with Gasteiger partial charge in [-0.3, -0.25) is 14.1 Å². The van der Waals surface area contributed by atoms with Gasteiger partial charge in [-0.15, -0.1) is 4.37 Å². The quantitative estimate of drug-likeness (QED) is 0.168. The maximum atomic E-state index is 12.6. The molecule has 190 valence electrons. The summed E-state index contributed by atoms with van der Waals surface area (Å²) in [6.45, 7) is 6.34. The van der Waals surface area contributed by atoms with E-state index in [0.29, 0.717) is 34.8 Å². The number of carbonyl (C=O) groups excluding carboxylic acids is 2. The first-order valence-electron chi connectivity index (χ1n) is 12.4. The third kappa shape index (κ3) is 8.14. The fourth-order valence-corrected chi connectivity index (χ4v) is 4.47. The van der Waals surface area contributed by atoms with Crippen molar-refractivity contribution in [2.24, 2.45) is 0 Å². The van der Waals surface area contributed by atoms with Crippen LogP contribution in [0.5, 0.6) is 11.6 Å². The number of hydrogen-bond donors (Lipinski definition) is 0. The van der Waals surface area contributed by atoms with E-state index in [-0.39, 0.29) is 31.5 Å². The number of para-hydroxylation sites is 1. The summed E-state index contributed by atoms with van der Waals surface area (Å²) in [6.07, 6.45) is 7.91. The third-order valence-corrected chi connectivity index (χ3v) is 6.48. The number of carbonyl (C=O) groups is 2. The molecule has 0 bridgehead atoms. The van der Waals surface area contributed by atoms with Crippen molar-refractivity contribution >= 4 is 29.2 Å². The Bertz CT molecular complexity index is 1020. The Morgan fingerprint density at radius 3 is 2.71 bits per heavy atom. The maximum absolute atomic E-state index is 12.6. The minimum absolute atomic E-state index is 0.0435. The van der Waals surface area contributed by atoms with Gasteiger partial charge >= 0.3 is 11.9 Å². The molecule has 1 atom stereocenters. The van der Waals surface area contributed by atoms with Crippen LogP contribution in [0.25, 0.3) is 5.57 Å². The van der Waals surface area contributed by atoms with Crippen LogP contribution >= 0.6 is 11.7 Å². The summed E-state index contributed by atoms with van der Waals surface area (Å²) in [5.41, 5.74) is 2.51. The fraction of sp³-hybridized carbons (Fsp3) is 0.538. The molecule has 9 heteroatoms. The predicted molar refractivity (Wildman–Crippen MR) is 135 cm³/mol. The van der Waals surface area contributed by atoms with Crippen molar-refractivity contribution in [3.63, 3.8) is 0 Å². The van der Waals surface area contributed by atoms with Crippen LogP contribution in [-0.4, -0.2) is 58.6 Å². The number of esters is 2. The smallest absolute Gasteiger partial charge is 0.314 e. The lowest BCUT2D eigenvalue weighted by Crippen LogP contribution is -2.49. The van der Waals surface area contributed by atoms with Gasteiger partial charge in [0.1, 0.15) is 18.0 Å². The zero-order chi connectivity index (χ0) is 25.1. The molecule has 0 aliphatic carbocycles. The molecule has 0 radical (unpaired) electrons. The highest BCUT2D eigenvalue weighted by molar-refractivity contribution is 6.99. The lowest BCUT2D eigenvalue weighted by Gasteiger charge is -2.36. The first-order chi connectivity index (χ1) is 16.9. The topological polar surface area (TPSA) is 87.6 Å². The Morgan fingerprint density at radius 2 is 1.91 bits per heavy atom. The Kier molecular flexibility index (Phi) is 10.2. The molecule has 1 aliphatic rings. The highest BCUT2D eigenvalue weighted by Crippen LogP contribution is 2.30. The van der Waals surface area contributed by atoms with Crippen LogP contribution in [0.15, 0.2) is 30.3 Å². The second-order valence-corrected chi connectivity index (χ2v) is 9.63. The van der Waals surface area contributed by atoms with Crippen molar-refractivity contribution < 1.29 is 28.3 Å². The van der Waals surface area contributed by atoms with Gasteiger partial charge in [-0.1, -0.05) is 57.4 Å². The number of quaternary nitrogens is 1.